The second-order valence-electron chi connectivity index (χ2n) is 7.26. The molecule has 0 bridgehead atoms. The number of unbranched alkanes of at least 4 members (excludes halogenated alkanes) is 1. The average molecular weight is 394 g/mol. The normalized spacial score (nSPS) is 13.1. The van der Waals surface area contributed by atoms with Gasteiger partial charge in [-0.05, 0) is 65.4 Å². The highest BCUT2D eigenvalue weighted by atomic mass is 16.5. The molecule has 4 heteroatoms. The van der Waals surface area contributed by atoms with Gasteiger partial charge in [-0.2, -0.15) is 0 Å². The summed E-state index contributed by atoms with van der Waals surface area (Å²) in [6.45, 7) is 6.84. The molecule has 0 saturated carbocycles. The zero-order chi connectivity index (χ0) is 20.5. The van der Waals surface area contributed by atoms with Crippen molar-refractivity contribution in [2.24, 2.45) is 0 Å². The molecule has 0 unspecified atom stereocenters. The van der Waals surface area contributed by atoms with Crippen molar-refractivity contribution in [1.29, 1.82) is 0 Å². The fourth-order valence-electron chi connectivity index (χ4n) is 3.37. The molecule has 0 saturated heterocycles. The molecule has 2 aromatic rings. The van der Waals surface area contributed by atoms with E-state index in [1.807, 2.05) is 25.1 Å². The standard InChI is InChI=1S/C25H31NO3/c1-3-5-14-28-15-16-29-23-9-6-19(7-10-23)20-8-11-24-22(17-20)18-21(12-13-26-24)25(27)4-2/h6-11,17-18,26H,3-5,12-16H2,1-2H3. The molecule has 29 heavy (non-hydrogen) atoms. The van der Waals surface area contributed by atoms with Crippen LogP contribution in [0, 0.1) is 0 Å². The largest absolute Gasteiger partial charge is 0.491 e. The smallest absolute Gasteiger partial charge is 0.158 e. The zero-order valence-electron chi connectivity index (χ0n) is 17.5. The molecule has 1 aliphatic rings. The van der Waals surface area contributed by atoms with Gasteiger partial charge < -0.3 is 14.8 Å². The maximum absolute atomic E-state index is 12.2. The molecule has 3 rings (SSSR count). The first-order valence-corrected chi connectivity index (χ1v) is 10.6. The van der Waals surface area contributed by atoms with Crippen LogP contribution in [0.1, 0.15) is 45.1 Å². The van der Waals surface area contributed by atoms with Crippen LogP contribution in [0.25, 0.3) is 17.2 Å². The summed E-state index contributed by atoms with van der Waals surface area (Å²) in [5.74, 6) is 1.07. The summed E-state index contributed by atoms with van der Waals surface area (Å²) in [6, 6.07) is 14.5. The average Bonchev–Trinajstić information content (AvgIpc) is 2.98. The van der Waals surface area contributed by atoms with Gasteiger partial charge in [-0.15, -0.1) is 0 Å². The Morgan fingerprint density at radius 3 is 2.55 bits per heavy atom. The quantitative estimate of drug-likeness (QED) is 0.524. The Morgan fingerprint density at radius 1 is 1.00 bits per heavy atom. The molecule has 1 N–H and O–H groups in total. The van der Waals surface area contributed by atoms with E-state index in [4.69, 9.17) is 9.47 Å². The molecular formula is C25H31NO3. The lowest BCUT2D eigenvalue weighted by Gasteiger charge is -2.10. The number of carbonyl (C=O) groups is 1. The minimum Gasteiger partial charge on any atom is -0.491 e. The van der Waals surface area contributed by atoms with Crippen LogP contribution in [0.3, 0.4) is 0 Å². The van der Waals surface area contributed by atoms with Crippen molar-refractivity contribution in [3.05, 3.63) is 53.6 Å². The lowest BCUT2D eigenvalue weighted by Crippen LogP contribution is -2.07. The first kappa shape index (κ1) is 21.1. The highest BCUT2D eigenvalue weighted by Gasteiger charge is 2.13. The summed E-state index contributed by atoms with van der Waals surface area (Å²) in [5, 5.41) is 3.43. The molecule has 154 valence electrons. The Balaban J connectivity index is 1.67. The van der Waals surface area contributed by atoms with Crippen molar-refractivity contribution in [2.75, 3.05) is 31.7 Å². The third-order valence-corrected chi connectivity index (χ3v) is 5.10. The molecule has 0 amide bonds. The van der Waals surface area contributed by atoms with E-state index < -0.39 is 0 Å². The van der Waals surface area contributed by atoms with E-state index in [1.165, 1.54) is 0 Å². The van der Waals surface area contributed by atoms with Crippen LogP contribution in [0.2, 0.25) is 0 Å². The van der Waals surface area contributed by atoms with Crippen LogP contribution in [0.4, 0.5) is 5.69 Å². The molecule has 2 aromatic carbocycles. The Kier molecular flexibility index (Phi) is 7.88. The zero-order valence-corrected chi connectivity index (χ0v) is 17.5. The van der Waals surface area contributed by atoms with Crippen LogP contribution in [-0.2, 0) is 9.53 Å². The second kappa shape index (κ2) is 10.8. The number of ether oxygens (including phenoxy) is 2. The SMILES string of the molecule is CCCCOCCOc1ccc(-c2ccc3c(c2)C=C(C(=O)CC)CCN3)cc1. The maximum Gasteiger partial charge on any atom is 0.158 e. The van der Waals surface area contributed by atoms with Gasteiger partial charge in [-0.3, -0.25) is 4.79 Å². The Hall–Kier alpha value is -2.59. The van der Waals surface area contributed by atoms with E-state index in [-0.39, 0.29) is 5.78 Å². The van der Waals surface area contributed by atoms with Gasteiger partial charge in [0.25, 0.3) is 0 Å². The van der Waals surface area contributed by atoms with Crippen molar-refractivity contribution < 1.29 is 14.3 Å². The van der Waals surface area contributed by atoms with Gasteiger partial charge in [-0.1, -0.05) is 38.5 Å². The summed E-state index contributed by atoms with van der Waals surface area (Å²) < 4.78 is 11.3. The van der Waals surface area contributed by atoms with Crippen LogP contribution in [0.15, 0.2) is 48.0 Å². The summed E-state index contributed by atoms with van der Waals surface area (Å²) in [4.78, 5) is 12.2. The van der Waals surface area contributed by atoms with Crippen molar-refractivity contribution in [2.45, 2.75) is 39.5 Å². The maximum atomic E-state index is 12.2. The number of rotatable bonds is 10. The third kappa shape index (κ3) is 5.94. The molecule has 4 nitrogen and oxygen atoms in total. The van der Waals surface area contributed by atoms with E-state index in [0.29, 0.717) is 19.6 Å². The number of hydrogen-bond acceptors (Lipinski definition) is 4. The van der Waals surface area contributed by atoms with E-state index >= 15 is 0 Å². The second-order valence-corrected chi connectivity index (χ2v) is 7.26. The van der Waals surface area contributed by atoms with Crippen molar-refractivity contribution in [3.8, 4) is 16.9 Å². The van der Waals surface area contributed by atoms with Gasteiger partial charge in [-0.25, -0.2) is 0 Å². The lowest BCUT2D eigenvalue weighted by molar-refractivity contribution is -0.115. The molecule has 0 aromatic heterocycles. The molecule has 1 heterocycles. The van der Waals surface area contributed by atoms with Gasteiger partial charge in [0.1, 0.15) is 12.4 Å². The van der Waals surface area contributed by atoms with Gasteiger partial charge in [0.05, 0.1) is 6.61 Å². The molecule has 1 aliphatic heterocycles. The topological polar surface area (TPSA) is 47.6 Å². The Labute approximate surface area is 173 Å². The number of hydrogen-bond donors (Lipinski definition) is 1. The number of carbonyl (C=O) groups excluding carboxylic acids is 1. The highest BCUT2D eigenvalue weighted by Crippen LogP contribution is 2.30. The minimum atomic E-state index is 0.227. The van der Waals surface area contributed by atoms with E-state index in [1.54, 1.807) is 0 Å². The fraction of sp³-hybridized carbons (Fsp3) is 0.400. The first-order chi connectivity index (χ1) is 14.2. The molecule has 0 aliphatic carbocycles. The van der Waals surface area contributed by atoms with Crippen molar-refractivity contribution in [3.63, 3.8) is 0 Å². The first-order valence-electron chi connectivity index (χ1n) is 10.6. The Morgan fingerprint density at radius 2 is 1.79 bits per heavy atom. The lowest BCUT2D eigenvalue weighted by atomic mass is 9.99. The van der Waals surface area contributed by atoms with Crippen molar-refractivity contribution in [1.82, 2.24) is 0 Å². The summed E-state index contributed by atoms with van der Waals surface area (Å²) in [7, 11) is 0. The molecular weight excluding hydrogens is 362 g/mol. The Bertz CT molecular complexity index is 840. The van der Waals surface area contributed by atoms with Gasteiger partial charge in [0.2, 0.25) is 0 Å². The van der Waals surface area contributed by atoms with E-state index in [9.17, 15) is 4.79 Å². The molecule has 0 fully saturated rings. The number of nitrogens with one attached hydrogen (secondary N) is 1. The minimum absolute atomic E-state index is 0.227. The van der Waals surface area contributed by atoms with E-state index in [2.05, 4.69) is 42.6 Å². The van der Waals surface area contributed by atoms with E-state index in [0.717, 1.165) is 66.1 Å². The third-order valence-electron chi connectivity index (χ3n) is 5.10. The predicted molar refractivity (Wildman–Crippen MR) is 119 cm³/mol. The number of anilines is 1. The molecule has 0 radical (unpaired) electrons. The van der Waals surface area contributed by atoms with Crippen LogP contribution in [-0.4, -0.2) is 32.1 Å². The van der Waals surface area contributed by atoms with Crippen LogP contribution in [0.5, 0.6) is 5.75 Å². The molecule has 0 spiro atoms. The molecule has 0 atom stereocenters. The van der Waals surface area contributed by atoms with Gasteiger partial charge in [0.15, 0.2) is 5.78 Å². The predicted octanol–water partition coefficient (Wildman–Crippen LogP) is 5.73. The summed E-state index contributed by atoms with van der Waals surface area (Å²) in [5.41, 5.74) is 5.31. The van der Waals surface area contributed by atoms with Crippen LogP contribution < -0.4 is 10.1 Å². The number of fused-ring (bicyclic) bond motifs is 1. The monoisotopic (exact) mass is 393 g/mol. The van der Waals surface area contributed by atoms with Gasteiger partial charge in [0, 0.05) is 25.3 Å². The van der Waals surface area contributed by atoms with Gasteiger partial charge >= 0.3 is 0 Å². The number of benzene rings is 2. The number of Topliss-reactive ketones (excluding diaryl/α,β-unsaturated/α-hetero) is 1. The number of ketones is 1. The van der Waals surface area contributed by atoms with Crippen LogP contribution >= 0.6 is 0 Å². The summed E-state index contributed by atoms with van der Waals surface area (Å²) in [6.07, 6.45) is 5.60. The highest BCUT2D eigenvalue weighted by molar-refractivity contribution is 6.00. The van der Waals surface area contributed by atoms with Crippen molar-refractivity contribution >= 4 is 17.5 Å². The summed E-state index contributed by atoms with van der Waals surface area (Å²) >= 11 is 0. The fourth-order valence-corrected chi connectivity index (χ4v) is 3.37.